The van der Waals surface area contributed by atoms with E-state index in [0.29, 0.717) is 11.3 Å². The van der Waals surface area contributed by atoms with E-state index in [9.17, 15) is 18.0 Å². The maximum Gasteiger partial charge on any atom is 0.416 e. The highest BCUT2D eigenvalue weighted by atomic mass is 32.1. The number of rotatable bonds is 3. The summed E-state index contributed by atoms with van der Waals surface area (Å²) in [4.78, 5) is 17.9. The molecule has 1 fully saturated rings. The first-order valence-corrected chi connectivity index (χ1v) is 10.0. The maximum absolute atomic E-state index is 12.9. The third-order valence-electron chi connectivity index (χ3n) is 5.04. The van der Waals surface area contributed by atoms with Gasteiger partial charge in [0, 0.05) is 22.7 Å². The Bertz CT molecular complexity index is 1250. The lowest BCUT2D eigenvalue weighted by molar-refractivity contribution is -0.137. The fourth-order valence-corrected chi connectivity index (χ4v) is 4.43. The molecular weight excluding hydrogens is 399 g/mol. The van der Waals surface area contributed by atoms with Gasteiger partial charge in [0.25, 0.3) is 5.91 Å². The Balaban J connectivity index is 1.66. The van der Waals surface area contributed by atoms with Gasteiger partial charge in [-0.25, -0.2) is 4.98 Å². The van der Waals surface area contributed by atoms with E-state index in [1.54, 1.807) is 6.07 Å². The monoisotopic (exact) mass is 415 g/mol. The number of fused-ring (bicyclic) bond motifs is 3. The Morgan fingerprint density at radius 3 is 2.55 bits per heavy atom. The van der Waals surface area contributed by atoms with Crippen molar-refractivity contribution in [3.8, 4) is 5.69 Å². The Hall–Kier alpha value is -2.87. The topological polar surface area (TPSA) is 46.9 Å². The van der Waals surface area contributed by atoms with Crippen LogP contribution in [0.5, 0.6) is 0 Å². The summed E-state index contributed by atoms with van der Waals surface area (Å²) in [6.45, 7) is 1.89. The quantitative estimate of drug-likeness (QED) is 0.483. The number of benzene rings is 2. The minimum atomic E-state index is -4.38. The van der Waals surface area contributed by atoms with E-state index in [1.807, 2.05) is 23.6 Å². The van der Waals surface area contributed by atoms with Gasteiger partial charge in [-0.1, -0.05) is 0 Å². The molecule has 1 saturated carbocycles. The van der Waals surface area contributed by atoms with Crippen molar-refractivity contribution < 1.29 is 18.0 Å². The highest BCUT2D eigenvalue weighted by molar-refractivity contribution is 7.18. The Morgan fingerprint density at radius 2 is 1.90 bits per heavy atom. The summed E-state index contributed by atoms with van der Waals surface area (Å²) < 4.78 is 40.7. The zero-order chi connectivity index (χ0) is 20.3. The van der Waals surface area contributed by atoms with E-state index in [1.165, 1.54) is 23.5 Å². The molecule has 4 nitrogen and oxygen atoms in total. The van der Waals surface area contributed by atoms with E-state index in [2.05, 4.69) is 10.3 Å². The number of hydrogen-bond acceptors (Lipinski definition) is 3. The van der Waals surface area contributed by atoms with Gasteiger partial charge in [-0.15, -0.1) is 11.3 Å². The van der Waals surface area contributed by atoms with Crippen molar-refractivity contribution in [1.82, 2.24) is 14.9 Å². The van der Waals surface area contributed by atoms with Crippen LogP contribution in [0.3, 0.4) is 0 Å². The molecule has 2 aromatic carbocycles. The van der Waals surface area contributed by atoms with Gasteiger partial charge in [-0.3, -0.25) is 9.36 Å². The van der Waals surface area contributed by atoms with Gasteiger partial charge in [-0.2, -0.15) is 13.2 Å². The highest BCUT2D eigenvalue weighted by Gasteiger charge is 2.30. The molecule has 0 atom stereocenters. The third-order valence-corrected chi connectivity index (χ3v) is 6.00. The second kappa shape index (κ2) is 6.32. The molecule has 2 heterocycles. The van der Waals surface area contributed by atoms with Crippen LogP contribution in [-0.2, 0) is 6.18 Å². The SMILES string of the molecule is Cc1nc2c3cc(C(=O)NC4CC4)ccc3n(-c3ccc(C(F)(F)F)cc3)c2s1. The van der Waals surface area contributed by atoms with Crippen LogP contribution in [0.4, 0.5) is 13.2 Å². The van der Waals surface area contributed by atoms with Crippen LogP contribution in [0, 0.1) is 6.92 Å². The van der Waals surface area contributed by atoms with Crippen LogP contribution in [0.15, 0.2) is 42.5 Å². The molecule has 148 valence electrons. The molecule has 0 saturated heterocycles. The van der Waals surface area contributed by atoms with Gasteiger partial charge in [0.05, 0.1) is 16.1 Å². The molecule has 1 aliphatic carbocycles. The zero-order valence-electron chi connectivity index (χ0n) is 15.4. The number of hydrogen-bond donors (Lipinski definition) is 1. The first-order chi connectivity index (χ1) is 13.8. The molecule has 1 aliphatic rings. The van der Waals surface area contributed by atoms with Crippen LogP contribution in [0.2, 0.25) is 0 Å². The number of alkyl halides is 3. The minimum absolute atomic E-state index is 0.114. The highest BCUT2D eigenvalue weighted by Crippen LogP contribution is 2.37. The lowest BCUT2D eigenvalue weighted by Gasteiger charge is -2.10. The first kappa shape index (κ1) is 18.2. The molecule has 0 aliphatic heterocycles. The van der Waals surface area contributed by atoms with Crippen LogP contribution in [-0.4, -0.2) is 21.5 Å². The average Bonchev–Trinajstić information content (AvgIpc) is 3.34. The number of aryl methyl sites for hydroxylation is 1. The molecule has 0 unspecified atom stereocenters. The maximum atomic E-state index is 12.9. The normalized spacial score (nSPS) is 14.6. The van der Waals surface area contributed by atoms with Gasteiger partial charge in [0.1, 0.15) is 10.3 Å². The van der Waals surface area contributed by atoms with Gasteiger partial charge < -0.3 is 5.32 Å². The summed E-state index contributed by atoms with van der Waals surface area (Å²) in [5, 5.41) is 4.64. The largest absolute Gasteiger partial charge is 0.416 e. The zero-order valence-corrected chi connectivity index (χ0v) is 16.2. The van der Waals surface area contributed by atoms with Crippen molar-refractivity contribution in [1.29, 1.82) is 0 Å². The summed E-state index contributed by atoms with van der Waals surface area (Å²) in [5.41, 5.74) is 2.05. The summed E-state index contributed by atoms with van der Waals surface area (Å²) >= 11 is 1.47. The molecule has 5 rings (SSSR count). The number of thiazole rings is 1. The van der Waals surface area contributed by atoms with Gasteiger partial charge in [-0.05, 0) is 62.2 Å². The predicted molar refractivity (Wildman–Crippen MR) is 107 cm³/mol. The molecule has 0 radical (unpaired) electrons. The van der Waals surface area contributed by atoms with Gasteiger partial charge >= 0.3 is 6.18 Å². The first-order valence-electron chi connectivity index (χ1n) is 9.21. The van der Waals surface area contributed by atoms with Crippen LogP contribution >= 0.6 is 11.3 Å². The summed E-state index contributed by atoms with van der Waals surface area (Å²) in [7, 11) is 0. The lowest BCUT2D eigenvalue weighted by Crippen LogP contribution is -2.25. The number of halogens is 3. The van der Waals surface area contributed by atoms with Crippen molar-refractivity contribution in [3.63, 3.8) is 0 Å². The summed E-state index contributed by atoms with van der Waals surface area (Å²) in [6, 6.07) is 10.7. The van der Waals surface area contributed by atoms with E-state index < -0.39 is 11.7 Å². The number of carbonyl (C=O) groups is 1. The lowest BCUT2D eigenvalue weighted by atomic mass is 10.1. The molecule has 0 spiro atoms. The van der Waals surface area contributed by atoms with E-state index in [-0.39, 0.29) is 11.9 Å². The van der Waals surface area contributed by atoms with Crippen LogP contribution < -0.4 is 5.32 Å². The van der Waals surface area contributed by atoms with Crippen molar-refractivity contribution in [2.24, 2.45) is 0 Å². The number of amides is 1. The second-order valence-corrected chi connectivity index (χ2v) is 8.43. The number of nitrogens with zero attached hydrogens (tertiary/aromatic N) is 2. The van der Waals surface area contributed by atoms with E-state index in [4.69, 9.17) is 0 Å². The van der Waals surface area contributed by atoms with Gasteiger partial charge in [0.15, 0.2) is 0 Å². The molecular formula is C21H16F3N3OS. The fourth-order valence-electron chi connectivity index (χ4n) is 3.47. The molecule has 4 aromatic rings. The van der Waals surface area contributed by atoms with Crippen molar-refractivity contribution >= 4 is 38.5 Å². The smallest absolute Gasteiger partial charge is 0.349 e. The number of aromatic nitrogens is 2. The molecule has 0 bridgehead atoms. The second-order valence-electron chi connectivity index (χ2n) is 7.25. The number of carbonyl (C=O) groups excluding carboxylic acids is 1. The summed E-state index contributed by atoms with van der Waals surface area (Å²) in [5.74, 6) is -0.114. The standard InChI is InChI=1S/C21H16F3N3OS/c1-11-25-18-16-10-12(19(28)26-14-5-6-14)2-9-17(16)27(20(18)29-11)15-7-3-13(4-8-15)21(22,23)24/h2-4,7-10,14H,5-6H2,1H3,(H,26,28). The van der Waals surface area contributed by atoms with Crippen LogP contribution in [0.25, 0.3) is 26.9 Å². The van der Waals surface area contributed by atoms with Gasteiger partial charge in [0.2, 0.25) is 0 Å². The van der Waals surface area contributed by atoms with Crippen molar-refractivity contribution in [2.45, 2.75) is 32.0 Å². The average molecular weight is 415 g/mol. The molecule has 29 heavy (non-hydrogen) atoms. The van der Waals surface area contributed by atoms with E-state index in [0.717, 1.165) is 51.2 Å². The molecule has 1 amide bonds. The molecule has 1 N–H and O–H groups in total. The molecule has 2 aromatic heterocycles. The third kappa shape index (κ3) is 3.17. The number of nitrogens with one attached hydrogen (secondary N) is 1. The fraction of sp³-hybridized carbons (Fsp3) is 0.238. The minimum Gasteiger partial charge on any atom is -0.349 e. The van der Waals surface area contributed by atoms with Crippen LogP contribution in [0.1, 0.15) is 33.8 Å². The Morgan fingerprint density at radius 1 is 1.17 bits per heavy atom. The summed E-state index contributed by atoms with van der Waals surface area (Å²) in [6.07, 6.45) is -2.36. The van der Waals surface area contributed by atoms with E-state index >= 15 is 0 Å². The van der Waals surface area contributed by atoms with Crippen molar-refractivity contribution in [2.75, 3.05) is 0 Å². The predicted octanol–water partition coefficient (Wildman–Crippen LogP) is 5.46. The Kier molecular flexibility index (Phi) is 3.96. The van der Waals surface area contributed by atoms with Crippen molar-refractivity contribution in [3.05, 3.63) is 58.6 Å². The molecule has 8 heteroatoms. The Labute approximate surface area is 168 Å².